The fraction of sp³-hybridized carbons (Fsp3) is 0.857. The van der Waals surface area contributed by atoms with Crippen molar-refractivity contribution in [1.82, 2.24) is 10.6 Å². The van der Waals surface area contributed by atoms with Crippen molar-refractivity contribution in [3.8, 4) is 0 Å². The van der Waals surface area contributed by atoms with E-state index in [4.69, 9.17) is 5.11 Å². The highest BCUT2D eigenvalue weighted by Crippen LogP contribution is 2.36. The summed E-state index contributed by atoms with van der Waals surface area (Å²) in [7, 11) is 0. The molecule has 2 rings (SSSR count). The number of hydrogen-bond donors (Lipinski definition) is 3. The Kier molecular flexibility index (Phi) is 4.32. The number of hydrogen-bond acceptors (Lipinski definition) is 2. The van der Waals surface area contributed by atoms with Crippen LogP contribution in [0.15, 0.2) is 0 Å². The number of rotatable bonds is 5. The molecule has 0 aromatic rings. The van der Waals surface area contributed by atoms with Gasteiger partial charge >= 0.3 is 12.0 Å². The summed E-state index contributed by atoms with van der Waals surface area (Å²) >= 11 is 0. The minimum atomic E-state index is -0.835. The molecule has 0 heterocycles. The van der Waals surface area contributed by atoms with Gasteiger partial charge in [-0.1, -0.05) is 26.2 Å². The average Bonchev–Trinajstić information content (AvgIpc) is 3.03. The third-order valence-corrected chi connectivity index (χ3v) is 4.48. The molecule has 2 amide bonds. The van der Waals surface area contributed by atoms with Gasteiger partial charge in [-0.3, -0.25) is 4.79 Å². The Labute approximate surface area is 114 Å². The van der Waals surface area contributed by atoms with Crippen LogP contribution in [-0.2, 0) is 4.79 Å². The lowest BCUT2D eigenvalue weighted by Gasteiger charge is -2.36. The molecule has 0 aromatic heterocycles. The fourth-order valence-electron chi connectivity index (χ4n) is 3.06. The zero-order valence-electron chi connectivity index (χ0n) is 11.6. The summed E-state index contributed by atoms with van der Waals surface area (Å²) in [5, 5.41) is 14.8. The molecule has 108 valence electrons. The maximum atomic E-state index is 11.9. The van der Waals surface area contributed by atoms with E-state index in [1.807, 2.05) is 0 Å². The molecule has 2 fully saturated rings. The maximum Gasteiger partial charge on any atom is 0.315 e. The lowest BCUT2D eigenvalue weighted by atomic mass is 9.79. The zero-order chi connectivity index (χ0) is 13.9. The predicted octanol–water partition coefficient (Wildman–Crippen LogP) is 2.12. The van der Waals surface area contributed by atoms with E-state index in [0.29, 0.717) is 18.4 Å². The highest BCUT2D eigenvalue weighted by Gasteiger charge is 2.37. The number of carbonyl (C=O) groups is 2. The van der Waals surface area contributed by atoms with Gasteiger partial charge in [0.05, 0.1) is 12.0 Å². The van der Waals surface area contributed by atoms with Crippen LogP contribution >= 0.6 is 0 Å². The van der Waals surface area contributed by atoms with Crippen LogP contribution < -0.4 is 10.6 Å². The zero-order valence-corrected chi connectivity index (χ0v) is 11.6. The van der Waals surface area contributed by atoms with Crippen LogP contribution in [0, 0.1) is 11.8 Å². The second-order valence-electron chi connectivity index (χ2n) is 6.22. The van der Waals surface area contributed by atoms with Crippen molar-refractivity contribution >= 4 is 12.0 Å². The monoisotopic (exact) mass is 268 g/mol. The average molecular weight is 268 g/mol. The first-order chi connectivity index (χ1) is 9.01. The summed E-state index contributed by atoms with van der Waals surface area (Å²) in [6.45, 7) is 2.88. The van der Waals surface area contributed by atoms with E-state index in [2.05, 4.69) is 17.6 Å². The van der Waals surface area contributed by atoms with Crippen LogP contribution in [0.25, 0.3) is 0 Å². The molecule has 0 spiro atoms. The number of carbonyl (C=O) groups excluding carboxylic acids is 1. The minimum absolute atomic E-state index is 0.0280. The second-order valence-corrected chi connectivity index (χ2v) is 6.22. The molecule has 0 aliphatic heterocycles. The van der Waals surface area contributed by atoms with E-state index in [0.717, 1.165) is 32.1 Å². The van der Waals surface area contributed by atoms with E-state index in [1.165, 1.54) is 6.42 Å². The molecule has 0 saturated heterocycles. The van der Waals surface area contributed by atoms with E-state index in [1.54, 1.807) is 0 Å². The van der Waals surface area contributed by atoms with E-state index < -0.39 is 11.5 Å². The van der Waals surface area contributed by atoms with Crippen LogP contribution in [0.1, 0.15) is 51.9 Å². The number of nitrogens with one attached hydrogen (secondary N) is 2. The molecule has 2 aliphatic carbocycles. The summed E-state index contributed by atoms with van der Waals surface area (Å²) in [4.78, 5) is 22.9. The highest BCUT2D eigenvalue weighted by atomic mass is 16.4. The van der Waals surface area contributed by atoms with Gasteiger partial charge in [0, 0.05) is 6.54 Å². The van der Waals surface area contributed by atoms with Crippen LogP contribution in [0.5, 0.6) is 0 Å². The number of carboxylic acid groups (broad SMARTS) is 1. The van der Waals surface area contributed by atoms with Crippen molar-refractivity contribution in [2.24, 2.45) is 11.8 Å². The summed E-state index contributed by atoms with van der Waals surface area (Å²) in [6, 6.07) is -0.206. The molecular formula is C14H24N2O3. The molecule has 3 N–H and O–H groups in total. The van der Waals surface area contributed by atoms with Crippen LogP contribution in [0.3, 0.4) is 0 Å². The maximum absolute atomic E-state index is 11.9. The first kappa shape index (κ1) is 14.2. The van der Waals surface area contributed by atoms with Crippen molar-refractivity contribution in [2.45, 2.75) is 57.4 Å². The van der Waals surface area contributed by atoms with Gasteiger partial charge in [-0.05, 0) is 31.1 Å². The Balaban J connectivity index is 1.83. The van der Waals surface area contributed by atoms with Gasteiger partial charge < -0.3 is 15.7 Å². The van der Waals surface area contributed by atoms with Crippen molar-refractivity contribution < 1.29 is 14.7 Å². The molecule has 5 heteroatoms. The normalized spacial score (nSPS) is 28.5. The molecule has 0 radical (unpaired) electrons. The van der Waals surface area contributed by atoms with Crippen molar-refractivity contribution in [3.05, 3.63) is 0 Å². The second kappa shape index (κ2) is 5.80. The lowest BCUT2D eigenvalue weighted by molar-refractivity contribution is -0.139. The number of amides is 2. The number of carboxylic acids is 1. The van der Waals surface area contributed by atoms with Crippen LogP contribution in [-0.4, -0.2) is 29.2 Å². The molecule has 2 saturated carbocycles. The SMILES string of the molecule is CC1CC1CNC(=O)NC1(CC(=O)O)CCCCC1. The summed E-state index contributed by atoms with van der Waals surface area (Å²) in [5.74, 6) is 0.480. The fourth-order valence-corrected chi connectivity index (χ4v) is 3.06. The number of urea groups is 1. The van der Waals surface area contributed by atoms with Crippen molar-refractivity contribution in [2.75, 3.05) is 6.54 Å². The Hall–Kier alpha value is -1.26. The Morgan fingerprint density at radius 2 is 1.89 bits per heavy atom. The van der Waals surface area contributed by atoms with E-state index >= 15 is 0 Å². The molecule has 0 bridgehead atoms. The van der Waals surface area contributed by atoms with Gasteiger partial charge in [0.25, 0.3) is 0 Å². The molecule has 5 nitrogen and oxygen atoms in total. The Morgan fingerprint density at radius 1 is 1.26 bits per heavy atom. The first-order valence-electron chi connectivity index (χ1n) is 7.29. The highest BCUT2D eigenvalue weighted by molar-refractivity contribution is 5.76. The summed E-state index contributed by atoms with van der Waals surface area (Å²) in [5.41, 5.74) is -0.538. The summed E-state index contributed by atoms with van der Waals surface area (Å²) < 4.78 is 0. The predicted molar refractivity (Wildman–Crippen MR) is 71.9 cm³/mol. The van der Waals surface area contributed by atoms with Gasteiger partial charge in [-0.15, -0.1) is 0 Å². The van der Waals surface area contributed by atoms with Crippen LogP contribution in [0.2, 0.25) is 0 Å². The van der Waals surface area contributed by atoms with Crippen molar-refractivity contribution in [1.29, 1.82) is 0 Å². The van der Waals surface area contributed by atoms with E-state index in [9.17, 15) is 9.59 Å². The van der Waals surface area contributed by atoms with Gasteiger partial charge in [0.1, 0.15) is 0 Å². The number of aliphatic carboxylic acids is 1. The molecule has 2 unspecified atom stereocenters. The first-order valence-corrected chi connectivity index (χ1v) is 7.29. The van der Waals surface area contributed by atoms with Gasteiger partial charge in [0.15, 0.2) is 0 Å². The van der Waals surface area contributed by atoms with E-state index in [-0.39, 0.29) is 12.5 Å². The molecule has 0 aromatic carbocycles. The summed E-state index contributed by atoms with van der Waals surface area (Å²) in [6.07, 6.45) is 5.87. The quantitative estimate of drug-likeness (QED) is 0.714. The standard InChI is InChI=1S/C14H24N2O3/c1-10-7-11(10)9-15-13(19)16-14(8-12(17)18)5-3-2-4-6-14/h10-11H,2-9H2,1H3,(H,17,18)(H2,15,16,19). The Bertz CT molecular complexity index is 351. The van der Waals surface area contributed by atoms with Crippen LogP contribution in [0.4, 0.5) is 4.79 Å². The van der Waals surface area contributed by atoms with Gasteiger partial charge in [0.2, 0.25) is 0 Å². The van der Waals surface area contributed by atoms with Gasteiger partial charge in [-0.2, -0.15) is 0 Å². The molecule has 2 aliphatic rings. The third kappa shape index (κ3) is 4.11. The largest absolute Gasteiger partial charge is 0.481 e. The topological polar surface area (TPSA) is 78.4 Å². The Morgan fingerprint density at radius 3 is 2.42 bits per heavy atom. The third-order valence-electron chi connectivity index (χ3n) is 4.48. The molecular weight excluding hydrogens is 244 g/mol. The minimum Gasteiger partial charge on any atom is -0.481 e. The molecule has 19 heavy (non-hydrogen) atoms. The smallest absolute Gasteiger partial charge is 0.315 e. The van der Waals surface area contributed by atoms with Gasteiger partial charge in [-0.25, -0.2) is 4.79 Å². The lowest BCUT2D eigenvalue weighted by Crippen LogP contribution is -2.54. The van der Waals surface area contributed by atoms with Crippen molar-refractivity contribution in [3.63, 3.8) is 0 Å². The molecule has 2 atom stereocenters.